The molecule has 1 rings (SSSR count). The zero-order chi connectivity index (χ0) is 11.6. The minimum Gasteiger partial charge on any atom is -0.286 e. The highest BCUT2D eigenvalue weighted by atomic mass is 32.1. The van der Waals surface area contributed by atoms with E-state index >= 15 is 0 Å². The van der Waals surface area contributed by atoms with E-state index in [1.807, 2.05) is 0 Å². The molecule has 0 atom stereocenters. The van der Waals surface area contributed by atoms with E-state index in [0.29, 0.717) is 0 Å². The van der Waals surface area contributed by atoms with Gasteiger partial charge in [0.15, 0.2) is 0 Å². The molecule has 0 aromatic carbocycles. The Hall–Kier alpha value is -1.37. The minimum atomic E-state index is -0.538. The first-order chi connectivity index (χ1) is 7.04. The Morgan fingerprint density at radius 2 is 1.86 bits per heavy atom. The maximum absolute atomic E-state index is 11.6. The minimum absolute atomic E-state index is 0.0483. The van der Waals surface area contributed by atoms with Crippen LogP contribution >= 0.6 is 0 Å². The molecule has 0 aromatic rings. The van der Waals surface area contributed by atoms with Gasteiger partial charge in [-0.15, -0.1) is 5.98 Å². The third-order valence-electron chi connectivity index (χ3n) is 1.92. The molecule has 0 N–H and O–H groups in total. The third-order valence-corrected chi connectivity index (χ3v) is 2.62. The number of hydrogen-bond acceptors (Lipinski definition) is 3. The van der Waals surface area contributed by atoms with E-state index in [9.17, 15) is 13.8 Å². The highest BCUT2D eigenvalue weighted by molar-refractivity contribution is 7.66. The summed E-state index contributed by atoms with van der Waals surface area (Å²) in [6.07, 6.45) is 0. The molecule has 0 radical (unpaired) electrons. The second-order valence-electron chi connectivity index (χ2n) is 2.71. The van der Waals surface area contributed by atoms with E-state index in [-0.39, 0.29) is 29.8 Å². The quantitative estimate of drug-likeness (QED) is 0.214. The SMILES string of the molecule is [2H]BC=C1C(=O)N(C)C(=S=O)N(C)C1=O. The summed E-state index contributed by atoms with van der Waals surface area (Å²) in [5.74, 6) is 0.164. The maximum Gasteiger partial charge on any atom is 0.264 e. The molecule has 1 saturated heterocycles. The molecule has 0 unspecified atom stereocenters. The molecule has 1 aliphatic rings. The van der Waals surface area contributed by atoms with E-state index < -0.39 is 11.8 Å². The van der Waals surface area contributed by atoms with Gasteiger partial charge >= 0.3 is 0 Å². The van der Waals surface area contributed by atoms with E-state index in [2.05, 4.69) is 0 Å². The largest absolute Gasteiger partial charge is 0.286 e. The molecular weight excluding hydrogens is 203 g/mol. The zero-order valence-electron chi connectivity index (χ0n) is 8.81. The van der Waals surface area contributed by atoms with Crippen LogP contribution in [0.2, 0.25) is 0 Å². The Balaban J connectivity index is 3.22. The molecular formula is C7H9BN2O3S. The molecule has 0 saturated carbocycles. The summed E-state index contributed by atoms with van der Waals surface area (Å²) in [6, 6.07) is 0. The van der Waals surface area contributed by atoms with Crippen LogP contribution in [0.3, 0.4) is 0 Å². The number of amides is 2. The van der Waals surface area contributed by atoms with Gasteiger partial charge in [-0.25, -0.2) is 4.21 Å². The molecule has 1 aliphatic heterocycles. The van der Waals surface area contributed by atoms with Crippen molar-refractivity contribution in [3.8, 4) is 0 Å². The number of carbonyl (C=O) groups is 2. The van der Waals surface area contributed by atoms with Gasteiger partial charge in [0.05, 0.1) is 5.57 Å². The van der Waals surface area contributed by atoms with Crippen LogP contribution in [-0.4, -0.2) is 54.2 Å². The van der Waals surface area contributed by atoms with Crippen LogP contribution in [0.25, 0.3) is 0 Å². The zero-order valence-corrected chi connectivity index (χ0v) is 8.63. The van der Waals surface area contributed by atoms with Crippen molar-refractivity contribution in [2.45, 2.75) is 0 Å². The van der Waals surface area contributed by atoms with Crippen molar-refractivity contribution in [2.75, 3.05) is 14.1 Å². The number of nitrogens with zero attached hydrogens (tertiary/aromatic N) is 2. The van der Waals surface area contributed by atoms with Crippen LogP contribution in [0.15, 0.2) is 11.5 Å². The molecule has 1 fully saturated rings. The van der Waals surface area contributed by atoms with Gasteiger partial charge in [-0.2, -0.15) is 0 Å². The molecule has 7 heteroatoms. The standard InChI is InChI=1S/C7H9BN2O3S/c1-9-5(11)4(3-8)6(12)10(2)7(9)14-13/h3H,8H2,1-2H3/i8D. The molecule has 0 aromatic heterocycles. The molecule has 0 aliphatic carbocycles. The fraction of sp³-hybridized carbons (Fsp3) is 0.286. The lowest BCUT2D eigenvalue weighted by atomic mass is 10.0. The summed E-state index contributed by atoms with van der Waals surface area (Å²) in [7, 11) is 2.70. The van der Waals surface area contributed by atoms with Crippen molar-refractivity contribution in [3.05, 3.63) is 11.5 Å². The molecule has 0 bridgehead atoms. The van der Waals surface area contributed by atoms with E-state index in [1.165, 1.54) is 20.1 Å². The van der Waals surface area contributed by atoms with Crippen LogP contribution in [-0.2, 0) is 20.8 Å². The highest BCUT2D eigenvalue weighted by Crippen LogP contribution is 2.12. The molecule has 5 nitrogen and oxygen atoms in total. The average molecular weight is 213 g/mol. The van der Waals surface area contributed by atoms with Crippen molar-refractivity contribution in [3.63, 3.8) is 0 Å². The summed E-state index contributed by atoms with van der Waals surface area (Å²) in [5, 5.41) is 0.0483. The lowest BCUT2D eigenvalue weighted by Crippen LogP contribution is -2.53. The van der Waals surface area contributed by atoms with Gasteiger partial charge in [0.2, 0.25) is 5.11 Å². The molecule has 14 heavy (non-hydrogen) atoms. The number of hydrogen-bond donors (Lipinski definition) is 0. The van der Waals surface area contributed by atoms with Crippen LogP contribution in [0, 0.1) is 0 Å². The van der Waals surface area contributed by atoms with Crippen molar-refractivity contribution in [1.82, 2.24) is 9.80 Å². The fourth-order valence-corrected chi connectivity index (χ4v) is 1.53. The Labute approximate surface area is 87.2 Å². The van der Waals surface area contributed by atoms with E-state index in [0.717, 1.165) is 9.80 Å². The van der Waals surface area contributed by atoms with Crippen molar-refractivity contribution in [1.29, 1.82) is 1.34 Å². The Kier molecular flexibility index (Phi) is 2.49. The number of carbonyl (C=O) groups excluding carboxylic acids is 2. The van der Waals surface area contributed by atoms with Gasteiger partial charge in [-0.3, -0.25) is 19.4 Å². The summed E-state index contributed by atoms with van der Waals surface area (Å²) in [6.45, 7) is 0. The van der Waals surface area contributed by atoms with Gasteiger partial charge in [0, 0.05) is 14.1 Å². The first kappa shape index (κ1) is 9.20. The first-order valence-corrected chi connectivity index (χ1v) is 4.51. The van der Waals surface area contributed by atoms with Gasteiger partial charge in [0.25, 0.3) is 11.8 Å². The van der Waals surface area contributed by atoms with Crippen LogP contribution < -0.4 is 0 Å². The maximum atomic E-state index is 11.6. The van der Waals surface area contributed by atoms with Crippen LogP contribution in [0.4, 0.5) is 0 Å². The van der Waals surface area contributed by atoms with E-state index in [4.69, 9.17) is 1.34 Å². The average Bonchev–Trinajstić information content (AvgIpc) is 2.23. The molecule has 2 amide bonds. The van der Waals surface area contributed by atoms with Gasteiger partial charge < -0.3 is 0 Å². The van der Waals surface area contributed by atoms with Gasteiger partial charge in [0.1, 0.15) is 19.1 Å². The summed E-state index contributed by atoms with van der Waals surface area (Å²) in [4.78, 5) is 25.4. The topological polar surface area (TPSA) is 57.7 Å². The summed E-state index contributed by atoms with van der Waals surface area (Å²) >= 11 is 0.0923. The Morgan fingerprint density at radius 1 is 1.36 bits per heavy atom. The van der Waals surface area contributed by atoms with Crippen LogP contribution in [0.1, 0.15) is 0 Å². The predicted molar refractivity (Wildman–Crippen MR) is 55.3 cm³/mol. The smallest absolute Gasteiger partial charge is 0.264 e. The third kappa shape index (κ3) is 1.39. The number of likely N-dealkylation sites (N-methyl/N-ethyl adjacent to an activating group) is 2. The van der Waals surface area contributed by atoms with Crippen molar-refractivity contribution >= 4 is 36.0 Å². The Bertz CT molecular complexity index is 379. The van der Waals surface area contributed by atoms with Gasteiger partial charge in [-0.05, 0) is 1.34 Å². The summed E-state index contributed by atoms with van der Waals surface area (Å²) < 4.78 is 17.7. The normalized spacial score (nSPS) is 18.3. The van der Waals surface area contributed by atoms with Crippen molar-refractivity contribution < 1.29 is 13.8 Å². The second-order valence-corrected chi connectivity index (χ2v) is 3.24. The Morgan fingerprint density at radius 3 is 2.21 bits per heavy atom. The van der Waals surface area contributed by atoms with Gasteiger partial charge in [-0.1, -0.05) is 0 Å². The lowest BCUT2D eigenvalue weighted by molar-refractivity contribution is -0.132. The monoisotopic (exact) mass is 213 g/mol. The predicted octanol–water partition coefficient (Wildman–Crippen LogP) is -2.27. The first-order valence-electron chi connectivity index (χ1n) is 4.47. The number of rotatable bonds is 1. The lowest BCUT2D eigenvalue weighted by Gasteiger charge is -2.31. The second kappa shape index (κ2) is 3.79. The van der Waals surface area contributed by atoms with Crippen molar-refractivity contribution in [2.24, 2.45) is 0 Å². The molecule has 1 heterocycles. The highest BCUT2D eigenvalue weighted by Gasteiger charge is 2.35. The van der Waals surface area contributed by atoms with E-state index in [1.54, 1.807) is 0 Å². The summed E-state index contributed by atoms with van der Waals surface area (Å²) in [5.41, 5.74) is -0.0622. The van der Waals surface area contributed by atoms with Crippen LogP contribution in [0.5, 0.6) is 0 Å². The molecule has 0 spiro atoms. The fourth-order valence-electron chi connectivity index (χ4n) is 1.14. The molecule has 74 valence electrons.